The maximum absolute atomic E-state index is 12.3. The van der Waals surface area contributed by atoms with Crippen molar-refractivity contribution in [2.24, 2.45) is 11.8 Å². The van der Waals surface area contributed by atoms with E-state index in [1.807, 2.05) is 12.2 Å². The number of ether oxygens (including phenoxy) is 2. The summed E-state index contributed by atoms with van der Waals surface area (Å²) in [6, 6.07) is 0. The van der Waals surface area contributed by atoms with E-state index in [1.165, 1.54) is 0 Å². The molecule has 0 amide bonds. The predicted octanol–water partition coefficient (Wildman–Crippen LogP) is 4.82. The molecule has 1 aliphatic rings. The van der Waals surface area contributed by atoms with Crippen molar-refractivity contribution < 1.29 is 19.1 Å². The Kier molecular flexibility index (Phi) is 11.2. The summed E-state index contributed by atoms with van der Waals surface area (Å²) in [6.07, 6.45) is 13.9. The van der Waals surface area contributed by atoms with Crippen LogP contribution >= 0.6 is 0 Å². The lowest BCUT2D eigenvalue weighted by atomic mass is 9.84. The molecule has 1 aliphatic carbocycles. The van der Waals surface area contributed by atoms with Crippen molar-refractivity contribution in [2.45, 2.75) is 78.1 Å². The molecule has 0 aromatic rings. The number of allylic oxidation sites excluding steroid dienone is 1. The average molecular weight is 338 g/mol. The second kappa shape index (κ2) is 13.0. The van der Waals surface area contributed by atoms with Crippen molar-refractivity contribution >= 4 is 11.9 Å². The SMILES string of the molecule is CCCCCCOC(=O)C1C=CCCC1C(=O)OCCCCCC. The first-order valence-electron chi connectivity index (χ1n) is 9.70. The fraction of sp³-hybridized carbons (Fsp3) is 0.800. The van der Waals surface area contributed by atoms with E-state index in [-0.39, 0.29) is 17.9 Å². The predicted molar refractivity (Wildman–Crippen MR) is 95.6 cm³/mol. The van der Waals surface area contributed by atoms with Gasteiger partial charge in [0.1, 0.15) is 0 Å². The van der Waals surface area contributed by atoms with Crippen LogP contribution in [0.2, 0.25) is 0 Å². The molecule has 0 saturated heterocycles. The normalized spacial score (nSPS) is 19.9. The first kappa shape index (κ1) is 20.7. The van der Waals surface area contributed by atoms with E-state index >= 15 is 0 Å². The van der Waals surface area contributed by atoms with Crippen LogP contribution in [0.3, 0.4) is 0 Å². The molecular formula is C20H34O4. The van der Waals surface area contributed by atoms with Gasteiger partial charge in [0.2, 0.25) is 0 Å². The van der Waals surface area contributed by atoms with E-state index in [4.69, 9.17) is 9.47 Å². The summed E-state index contributed by atoms with van der Waals surface area (Å²) in [4.78, 5) is 24.6. The van der Waals surface area contributed by atoms with Gasteiger partial charge in [-0.3, -0.25) is 9.59 Å². The van der Waals surface area contributed by atoms with Gasteiger partial charge in [0.25, 0.3) is 0 Å². The highest BCUT2D eigenvalue weighted by Crippen LogP contribution is 2.27. The quantitative estimate of drug-likeness (QED) is 0.291. The molecule has 0 aromatic heterocycles. The van der Waals surface area contributed by atoms with Crippen LogP contribution in [0.4, 0.5) is 0 Å². The minimum atomic E-state index is -0.479. The molecule has 24 heavy (non-hydrogen) atoms. The summed E-state index contributed by atoms with van der Waals surface area (Å²) in [5.41, 5.74) is 0. The Labute approximate surface area is 147 Å². The van der Waals surface area contributed by atoms with Gasteiger partial charge in [-0.2, -0.15) is 0 Å². The third-order valence-electron chi connectivity index (χ3n) is 4.48. The number of hydrogen-bond acceptors (Lipinski definition) is 4. The van der Waals surface area contributed by atoms with Gasteiger partial charge in [-0.1, -0.05) is 64.5 Å². The number of esters is 2. The van der Waals surface area contributed by atoms with Crippen LogP contribution in [-0.2, 0) is 19.1 Å². The third-order valence-corrected chi connectivity index (χ3v) is 4.48. The average Bonchev–Trinajstić information content (AvgIpc) is 2.61. The van der Waals surface area contributed by atoms with E-state index in [0.29, 0.717) is 19.6 Å². The highest BCUT2D eigenvalue weighted by Gasteiger charge is 2.35. The van der Waals surface area contributed by atoms with Crippen LogP contribution in [-0.4, -0.2) is 25.2 Å². The molecule has 0 aromatic carbocycles. The maximum Gasteiger partial charge on any atom is 0.313 e. The molecule has 2 atom stereocenters. The van der Waals surface area contributed by atoms with Crippen molar-refractivity contribution in [3.8, 4) is 0 Å². The fourth-order valence-corrected chi connectivity index (χ4v) is 2.95. The van der Waals surface area contributed by atoms with Crippen LogP contribution in [0.5, 0.6) is 0 Å². The van der Waals surface area contributed by atoms with Gasteiger partial charge >= 0.3 is 11.9 Å². The van der Waals surface area contributed by atoms with E-state index < -0.39 is 5.92 Å². The van der Waals surface area contributed by atoms with Crippen molar-refractivity contribution in [1.82, 2.24) is 0 Å². The van der Waals surface area contributed by atoms with Gasteiger partial charge in [-0.15, -0.1) is 0 Å². The number of carbonyl (C=O) groups excluding carboxylic acids is 2. The van der Waals surface area contributed by atoms with Crippen LogP contribution in [0.1, 0.15) is 78.1 Å². The lowest BCUT2D eigenvalue weighted by Crippen LogP contribution is -2.33. The summed E-state index contributed by atoms with van der Waals surface area (Å²) < 4.78 is 10.8. The molecule has 0 radical (unpaired) electrons. The highest BCUT2D eigenvalue weighted by molar-refractivity contribution is 5.83. The molecule has 0 aliphatic heterocycles. The van der Waals surface area contributed by atoms with E-state index in [1.54, 1.807) is 0 Å². The second-order valence-corrected chi connectivity index (χ2v) is 6.59. The van der Waals surface area contributed by atoms with Gasteiger partial charge in [-0.05, 0) is 25.7 Å². The number of hydrogen-bond donors (Lipinski definition) is 0. The lowest BCUT2D eigenvalue weighted by Gasteiger charge is -2.24. The molecule has 0 fully saturated rings. The van der Waals surface area contributed by atoms with Crippen LogP contribution in [0, 0.1) is 11.8 Å². The maximum atomic E-state index is 12.3. The van der Waals surface area contributed by atoms with Crippen LogP contribution < -0.4 is 0 Å². The van der Waals surface area contributed by atoms with E-state index in [0.717, 1.165) is 57.8 Å². The summed E-state index contributed by atoms with van der Waals surface area (Å²) in [5.74, 6) is -1.39. The van der Waals surface area contributed by atoms with Gasteiger partial charge in [-0.25, -0.2) is 0 Å². The molecule has 4 nitrogen and oxygen atoms in total. The lowest BCUT2D eigenvalue weighted by molar-refractivity contribution is -0.159. The largest absolute Gasteiger partial charge is 0.465 e. The Morgan fingerprint density at radius 3 is 2.04 bits per heavy atom. The standard InChI is InChI=1S/C20H34O4/c1-3-5-7-11-15-23-19(21)17-13-9-10-14-18(17)20(22)24-16-12-8-6-4-2/h9,13,17-18H,3-8,10-12,14-16H2,1-2H3. The minimum Gasteiger partial charge on any atom is -0.465 e. The Hall–Kier alpha value is -1.32. The Bertz CT molecular complexity index is 389. The van der Waals surface area contributed by atoms with Crippen LogP contribution in [0.25, 0.3) is 0 Å². The number of rotatable bonds is 12. The zero-order valence-corrected chi connectivity index (χ0v) is 15.4. The zero-order chi connectivity index (χ0) is 17.6. The van der Waals surface area contributed by atoms with Gasteiger partial charge in [0, 0.05) is 0 Å². The minimum absolute atomic E-state index is 0.246. The Balaban J connectivity index is 2.37. The van der Waals surface area contributed by atoms with Gasteiger partial charge < -0.3 is 9.47 Å². The van der Waals surface area contributed by atoms with Gasteiger partial charge in [0.15, 0.2) is 0 Å². The molecule has 2 unspecified atom stereocenters. The third kappa shape index (κ3) is 7.98. The summed E-state index contributed by atoms with van der Waals surface area (Å²) in [7, 11) is 0. The molecule has 1 rings (SSSR count). The molecule has 0 bridgehead atoms. The van der Waals surface area contributed by atoms with E-state index in [2.05, 4.69) is 13.8 Å². The smallest absolute Gasteiger partial charge is 0.313 e. The molecule has 4 heteroatoms. The first-order valence-corrected chi connectivity index (χ1v) is 9.70. The second-order valence-electron chi connectivity index (χ2n) is 6.59. The van der Waals surface area contributed by atoms with Crippen molar-refractivity contribution in [3.63, 3.8) is 0 Å². The summed E-state index contributed by atoms with van der Waals surface area (Å²) >= 11 is 0. The molecule has 0 spiro atoms. The molecule has 0 N–H and O–H groups in total. The number of carbonyl (C=O) groups is 2. The fourth-order valence-electron chi connectivity index (χ4n) is 2.95. The van der Waals surface area contributed by atoms with Crippen molar-refractivity contribution in [3.05, 3.63) is 12.2 Å². The Morgan fingerprint density at radius 1 is 0.875 bits per heavy atom. The molecule has 138 valence electrons. The monoisotopic (exact) mass is 338 g/mol. The van der Waals surface area contributed by atoms with E-state index in [9.17, 15) is 9.59 Å². The number of unbranched alkanes of at least 4 members (excludes halogenated alkanes) is 6. The van der Waals surface area contributed by atoms with Crippen molar-refractivity contribution in [2.75, 3.05) is 13.2 Å². The summed E-state index contributed by atoms with van der Waals surface area (Å²) in [6.45, 7) is 5.20. The zero-order valence-electron chi connectivity index (χ0n) is 15.4. The Morgan fingerprint density at radius 2 is 1.46 bits per heavy atom. The van der Waals surface area contributed by atoms with Crippen molar-refractivity contribution in [1.29, 1.82) is 0 Å². The molecular weight excluding hydrogens is 304 g/mol. The topological polar surface area (TPSA) is 52.6 Å². The molecule has 0 heterocycles. The molecule has 0 saturated carbocycles. The summed E-state index contributed by atoms with van der Waals surface area (Å²) in [5, 5.41) is 0. The van der Waals surface area contributed by atoms with Crippen LogP contribution in [0.15, 0.2) is 12.2 Å². The van der Waals surface area contributed by atoms with Gasteiger partial charge in [0.05, 0.1) is 25.0 Å². The highest BCUT2D eigenvalue weighted by atomic mass is 16.5. The first-order chi connectivity index (χ1) is 11.7.